The Labute approximate surface area is 107 Å². The summed E-state index contributed by atoms with van der Waals surface area (Å²) in [5, 5.41) is 4.11. The molecule has 1 aromatic rings. The van der Waals surface area contributed by atoms with Gasteiger partial charge in [0.15, 0.2) is 17.7 Å². The second kappa shape index (κ2) is 5.98. The molecular weight excluding hydrogens is 260 g/mol. The topological polar surface area (TPSA) is 93.5 Å². The molecule has 0 heterocycles. The number of anilines is 1. The van der Waals surface area contributed by atoms with Crippen LogP contribution >= 0.6 is 0 Å². The number of imide groups is 1. The summed E-state index contributed by atoms with van der Waals surface area (Å²) >= 11 is 0. The predicted molar refractivity (Wildman–Crippen MR) is 63.5 cm³/mol. The fraction of sp³-hybridized carbons (Fsp3) is 0.273. The van der Waals surface area contributed by atoms with Gasteiger partial charge in [0.05, 0.1) is 5.69 Å². The van der Waals surface area contributed by atoms with E-state index >= 15 is 0 Å². The summed E-state index contributed by atoms with van der Waals surface area (Å²) in [7, 11) is 1.32. The number of urea groups is 1. The van der Waals surface area contributed by atoms with Crippen molar-refractivity contribution in [2.75, 3.05) is 12.8 Å². The number of hydrogen-bond acceptors (Lipinski definition) is 4. The van der Waals surface area contributed by atoms with Crippen molar-refractivity contribution in [1.82, 2.24) is 10.6 Å². The fourth-order valence-electron chi connectivity index (χ4n) is 1.15. The molecule has 0 bridgehead atoms. The molecule has 3 amide bonds. The summed E-state index contributed by atoms with van der Waals surface area (Å²) in [6, 6.07) is 0.743. The van der Waals surface area contributed by atoms with Gasteiger partial charge in [-0.3, -0.25) is 10.1 Å². The molecule has 1 atom stereocenters. The number of halogens is 2. The van der Waals surface area contributed by atoms with Gasteiger partial charge >= 0.3 is 6.03 Å². The number of benzene rings is 1. The average molecular weight is 273 g/mol. The maximum atomic E-state index is 13.4. The highest BCUT2D eigenvalue weighted by Gasteiger charge is 2.19. The summed E-state index contributed by atoms with van der Waals surface area (Å²) in [5.74, 6) is -3.03. The summed E-state index contributed by atoms with van der Waals surface area (Å²) in [4.78, 5) is 22.3. The van der Waals surface area contributed by atoms with Crippen molar-refractivity contribution in [1.29, 1.82) is 0 Å². The van der Waals surface area contributed by atoms with E-state index in [-0.39, 0.29) is 5.69 Å². The maximum Gasteiger partial charge on any atom is 0.321 e. The Kier molecular flexibility index (Phi) is 4.62. The summed E-state index contributed by atoms with van der Waals surface area (Å²) < 4.78 is 31.5. The highest BCUT2D eigenvalue weighted by molar-refractivity contribution is 5.96. The molecule has 104 valence electrons. The van der Waals surface area contributed by atoms with E-state index in [9.17, 15) is 18.4 Å². The molecule has 1 rings (SSSR count). The van der Waals surface area contributed by atoms with Crippen molar-refractivity contribution in [3.8, 4) is 5.75 Å². The first-order valence-electron chi connectivity index (χ1n) is 5.29. The number of hydrogen-bond donors (Lipinski definition) is 3. The van der Waals surface area contributed by atoms with E-state index in [1.54, 1.807) is 0 Å². The zero-order valence-electron chi connectivity index (χ0n) is 10.3. The van der Waals surface area contributed by atoms with Gasteiger partial charge in [-0.1, -0.05) is 0 Å². The standard InChI is InChI=1S/C11H13F2N3O3/c1-5(10(17)16-11(18)15-2)19-9-4-6(12)8(14)3-7(9)13/h3-5H,14H2,1-2H3,(H2,15,16,17,18). The summed E-state index contributed by atoms with van der Waals surface area (Å²) in [6.45, 7) is 1.28. The van der Waals surface area contributed by atoms with E-state index in [4.69, 9.17) is 10.5 Å². The first-order chi connectivity index (χ1) is 8.85. The molecule has 0 aliphatic heterocycles. The Bertz CT molecular complexity index is 508. The zero-order chi connectivity index (χ0) is 14.6. The van der Waals surface area contributed by atoms with Gasteiger partial charge in [0.25, 0.3) is 5.91 Å². The number of ether oxygens (including phenoxy) is 1. The molecule has 6 nitrogen and oxygen atoms in total. The molecule has 0 saturated heterocycles. The Hall–Kier alpha value is -2.38. The number of amides is 3. The number of nitrogens with one attached hydrogen (secondary N) is 2. The van der Waals surface area contributed by atoms with Crippen LogP contribution in [-0.4, -0.2) is 25.1 Å². The van der Waals surface area contributed by atoms with Crippen LogP contribution < -0.4 is 21.1 Å². The minimum absolute atomic E-state index is 0.368. The molecule has 0 radical (unpaired) electrons. The van der Waals surface area contributed by atoms with Gasteiger partial charge in [-0.25, -0.2) is 13.6 Å². The molecule has 4 N–H and O–H groups in total. The lowest BCUT2D eigenvalue weighted by Gasteiger charge is -2.14. The molecule has 1 unspecified atom stereocenters. The number of carbonyl (C=O) groups excluding carboxylic acids is 2. The zero-order valence-corrected chi connectivity index (χ0v) is 10.3. The van der Waals surface area contributed by atoms with E-state index in [2.05, 4.69) is 5.32 Å². The highest BCUT2D eigenvalue weighted by atomic mass is 19.1. The fourth-order valence-corrected chi connectivity index (χ4v) is 1.15. The van der Waals surface area contributed by atoms with Crippen molar-refractivity contribution < 1.29 is 23.1 Å². The Morgan fingerprint density at radius 3 is 2.53 bits per heavy atom. The van der Waals surface area contributed by atoms with Crippen LogP contribution in [0.2, 0.25) is 0 Å². The van der Waals surface area contributed by atoms with E-state index in [1.165, 1.54) is 14.0 Å². The van der Waals surface area contributed by atoms with Crippen LogP contribution in [0, 0.1) is 11.6 Å². The van der Waals surface area contributed by atoms with Crippen LogP contribution in [0.4, 0.5) is 19.3 Å². The monoisotopic (exact) mass is 273 g/mol. The van der Waals surface area contributed by atoms with Crippen molar-refractivity contribution >= 4 is 17.6 Å². The van der Waals surface area contributed by atoms with Gasteiger partial charge in [0.1, 0.15) is 5.82 Å². The van der Waals surface area contributed by atoms with Crippen molar-refractivity contribution in [2.45, 2.75) is 13.0 Å². The average Bonchev–Trinajstić information content (AvgIpc) is 2.35. The molecule has 1 aromatic carbocycles. The summed E-state index contributed by atoms with van der Waals surface area (Å²) in [5.41, 5.74) is 4.79. The van der Waals surface area contributed by atoms with Crippen molar-refractivity contribution in [3.63, 3.8) is 0 Å². The smallest absolute Gasteiger partial charge is 0.321 e. The molecule has 0 aromatic heterocycles. The third-order valence-electron chi connectivity index (χ3n) is 2.19. The van der Waals surface area contributed by atoms with Crippen molar-refractivity contribution in [2.24, 2.45) is 0 Å². The van der Waals surface area contributed by atoms with Crippen LogP contribution in [0.25, 0.3) is 0 Å². The van der Waals surface area contributed by atoms with Gasteiger partial charge < -0.3 is 15.8 Å². The first kappa shape index (κ1) is 14.7. The predicted octanol–water partition coefficient (Wildman–Crippen LogP) is 0.770. The van der Waals surface area contributed by atoms with Crippen LogP contribution in [0.5, 0.6) is 5.75 Å². The Morgan fingerprint density at radius 1 is 1.32 bits per heavy atom. The molecule has 8 heteroatoms. The number of carbonyl (C=O) groups is 2. The van der Waals surface area contributed by atoms with E-state index in [1.807, 2.05) is 5.32 Å². The maximum absolute atomic E-state index is 13.4. The number of nitrogen functional groups attached to an aromatic ring is 1. The van der Waals surface area contributed by atoms with Gasteiger partial charge in [-0.15, -0.1) is 0 Å². The van der Waals surface area contributed by atoms with E-state index in [0.717, 1.165) is 12.1 Å². The van der Waals surface area contributed by atoms with E-state index in [0.29, 0.717) is 0 Å². The summed E-state index contributed by atoms with van der Waals surface area (Å²) in [6.07, 6.45) is -1.19. The molecular formula is C11H13F2N3O3. The molecule has 0 fully saturated rings. The molecule has 0 aliphatic rings. The van der Waals surface area contributed by atoms with Gasteiger partial charge in [-0.2, -0.15) is 0 Å². The molecule has 0 aliphatic carbocycles. The third-order valence-corrected chi connectivity index (χ3v) is 2.19. The SMILES string of the molecule is CNC(=O)NC(=O)C(C)Oc1cc(F)c(N)cc1F. The van der Waals surface area contributed by atoms with Crippen LogP contribution in [-0.2, 0) is 4.79 Å². The minimum atomic E-state index is -1.19. The minimum Gasteiger partial charge on any atom is -0.478 e. The molecule has 0 spiro atoms. The van der Waals surface area contributed by atoms with Gasteiger partial charge in [0, 0.05) is 19.2 Å². The first-order valence-corrected chi connectivity index (χ1v) is 5.29. The third kappa shape index (κ3) is 3.80. The van der Waals surface area contributed by atoms with Crippen LogP contribution in [0.1, 0.15) is 6.92 Å². The molecule has 0 saturated carbocycles. The second-order valence-corrected chi connectivity index (χ2v) is 3.63. The second-order valence-electron chi connectivity index (χ2n) is 3.63. The Morgan fingerprint density at radius 2 is 1.95 bits per heavy atom. The quantitative estimate of drug-likeness (QED) is 0.709. The normalized spacial score (nSPS) is 11.6. The van der Waals surface area contributed by atoms with Gasteiger partial charge in [0.2, 0.25) is 0 Å². The number of nitrogens with two attached hydrogens (primary N) is 1. The largest absolute Gasteiger partial charge is 0.478 e. The number of rotatable bonds is 3. The van der Waals surface area contributed by atoms with Gasteiger partial charge in [-0.05, 0) is 6.92 Å². The van der Waals surface area contributed by atoms with Crippen LogP contribution in [0.3, 0.4) is 0 Å². The lowest BCUT2D eigenvalue weighted by molar-refractivity contribution is -0.126. The lowest BCUT2D eigenvalue weighted by Crippen LogP contribution is -2.44. The lowest BCUT2D eigenvalue weighted by atomic mass is 10.2. The Balaban J connectivity index is 2.77. The van der Waals surface area contributed by atoms with Crippen LogP contribution in [0.15, 0.2) is 12.1 Å². The molecule has 19 heavy (non-hydrogen) atoms. The van der Waals surface area contributed by atoms with Crippen molar-refractivity contribution in [3.05, 3.63) is 23.8 Å². The highest BCUT2D eigenvalue weighted by Crippen LogP contribution is 2.23. The van der Waals surface area contributed by atoms with E-state index < -0.39 is 35.4 Å².